The highest BCUT2D eigenvalue weighted by molar-refractivity contribution is 5.97. The maximum absolute atomic E-state index is 12.3. The third kappa shape index (κ3) is 3.50. The Morgan fingerprint density at radius 1 is 1.50 bits per heavy atom. The number of nitrogens with one attached hydrogen (secondary N) is 1. The van der Waals surface area contributed by atoms with E-state index in [0.717, 1.165) is 25.8 Å². The molecular weight excluding hydrogens is 254 g/mol. The van der Waals surface area contributed by atoms with Crippen LogP contribution in [0.3, 0.4) is 0 Å². The number of rotatable bonds is 6. The van der Waals surface area contributed by atoms with E-state index in [9.17, 15) is 4.79 Å². The van der Waals surface area contributed by atoms with Crippen LogP contribution in [0.5, 0.6) is 0 Å². The lowest BCUT2D eigenvalue weighted by molar-refractivity contribution is 0.0939. The molecule has 1 fully saturated rings. The molecule has 2 rings (SSSR count). The average molecular weight is 279 g/mol. The van der Waals surface area contributed by atoms with E-state index >= 15 is 0 Å². The molecule has 6 nitrogen and oxygen atoms in total. The molecule has 0 aromatic carbocycles. The number of carbonyl (C=O) groups is 1. The summed E-state index contributed by atoms with van der Waals surface area (Å²) in [5.41, 5.74) is 6.91. The highest BCUT2D eigenvalue weighted by Gasteiger charge is 2.24. The summed E-state index contributed by atoms with van der Waals surface area (Å²) in [4.78, 5) is 14.4. The van der Waals surface area contributed by atoms with Gasteiger partial charge in [0.05, 0.1) is 17.9 Å². The number of hydrogen-bond acceptors (Lipinski definition) is 4. The predicted molar refractivity (Wildman–Crippen MR) is 79.6 cm³/mol. The summed E-state index contributed by atoms with van der Waals surface area (Å²) in [7, 11) is 4.05. The summed E-state index contributed by atoms with van der Waals surface area (Å²) >= 11 is 0. The smallest absolute Gasteiger partial charge is 0.271 e. The van der Waals surface area contributed by atoms with Crippen molar-refractivity contribution in [3.63, 3.8) is 0 Å². The maximum atomic E-state index is 12.3. The Bertz CT molecular complexity index is 448. The van der Waals surface area contributed by atoms with Gasteiger partial charge in [0, 0.05) is 6.54 Å². The van der Waals surface area contributed by atoms with Crippen LogP contribution < -0.4 is 11.1 Å². The van der Waals surface area contributed by atoms with Crippen LogP contribution in [0.4, 0.5) is 5.69 Å². The summed E-state index contributed by atoms with van der Waals surface area (Å²) < 4.78 is 1.82. The lowest BCUT2D eigenvalue weighted by Gasteiger charge is -2.15. The van der Waals surface area contributed by atoms with Crippen molar-refractivity contribution in [3.05, 3.63) is 11.9 Å². The fourth-order valence-corrected chi connectivity index (χ4v) is 2.72. The van der Waals surface area contributed by atoms with E-state index in [4.69, 9.17) is 5.73 Å². The standard InChI is InChI=1S/C14H25N5O/c1-18(2)9-5-8-16-14(20)13-12(15)10-17-19(13)11-6-3-4-7-11/h10-11H,3-9,15H2,1-2H3,(H,16,20). The molecule has 1 aliphatic rings. The molecule has 6 heteroatoms. The first-order chi connectivity index (χ1) is 9.59. The van der Waals surface area contributed by atoms with Gasteiger partial charge in [0.1, 0.15) is 5.69 Å². The van der Waals surface area contributed by atoms with Gasteiger partial charge in [-0.2, -0.15) is 5.10 Å². The predicted octanol–water partition coefficient (Wildman–Crippen LogP) is 1.26. The maximum Gasteiger partial charge on any atom is 0.271 e. The molecule has 3 N–H and O–H groups in total. The van der Waals surface area contributed by atoms with E-state index in [1.165, 1.54) is 12.8 Å². The molecule has 1 aromatic rings. The highest BCUT2D eigenvalue weighted by atomic mass is 16.2. The Morgan fingerprint density at radius 3 is 2.85 bits per heavy atom. The van der Waals surface area contributed by atoms with Crippen LogP contribution in [-0.2, 0) is 0 Å². The van der Waals surface area contributed by atoms with E-state index < -0.39 is 0 Å². The van der Waals surface area contributed by atoms with Crippen molar-refractivity contribution in [3.8, 4) is 0 Å². The van der Waals surface area contributed by atoms with Gasteiger partial charge in [0.2, 0.25) is 0 Å². The molecule has 1 saturated carbocycles. The lowest BCUT2D eigenvalue weighted by atomic mass is 10.2. The second-order valence-electron chi connectivity index (χ2n) is 5.74. The molecule has 1 aliphatic carbocycles. The lowest BCUT2D eigenvalue weighted by Crippen LogP contribution is -2.30. The van der Waals surface area contributed by atoms with Gasteiger partial charge < -0.3 is 16.0 Å². The van der Waals surface area contributed by atoms with Gasteiger partial charge in [0.25, 0.3) is 5.91 Å². The Morgan fingerprint density at radius 2 is 2.20 bits per heavy atom. The topological polar surface area (TPSA) is 76.2 Å². The molecule has 1 heterocycles. The molecule has 112 valence electrons. The fourth-order valence-electron chi connectivity index (χ4n) is 2.72. The number of nitrogens with two attached hydrogens (primary N) is 1. The average Bonchev–Trinajstić information content (AvgIpc) is 3.02. The van der Waals surface area contributed by atoms with Crippen molar-refractivity contribution in [2.24, 2.45) is 0 Å². The van der Waals surface area contributed by atoms with Gasteiger partial charge in [0.15, 0.2) is 0 Å². The number of amides is 1. The largest absolute Gasteiger partial charge is 0.396 e. The van der Waals surface area contributed by atoms with Crippen molar-refractivity contribution in [1.29, 1.82) is 0 Å². The molecule has 1 aromatic heterocycles. The zero-order valence-corrected chi connectivity index (χ0v) is 12.4. The third-order valence-corrected chi connectivity index (χ3v) is 3.78. The van der Waals surface area contributed by atoms with E-state index in [1.54, 1.807) is 6.20 Å². The second-order valence-corrected chi connectivity index (χ2v) is 5.74. The monoisotopic (exact) mass is 279 g/mol. The number of carbonyl (C=O) groups excluding carboxylic acids is 1. The molecule has 0 radical (unpaired) electrons. The van der Waals surface area contributed by atoms with Gasteiger partial charge >= 0.3 is 0 Å². The number of nitrogens with zero attached hydrogens (tertiary/aromatic N) is 3. The first-order valence-corrected chi connectivity index (χ1v) is 7.35. The van der Waals surface area contributed by atoms with Crippen molar-refractivity contribution in [2.45, 2.75) is 38.1 Å². The third-order valence-electron chi connectivity index (χ3n) is 3.78. The number of aromatic nitrogens is 2. The summed E-state index contributed by atoms with van der Waals surface area (Å²) in [6.45, 7) is 1.62. The van der Waals surface area contributed by atoms with Gasteiger partial charge in [-0.15, -0.1) is 0 Å². The molecular formula is C14H25N5O. The fraction of sp³-hybridized carbons (Fsp3) is 0.714. The van der Waals surface area contributed by atoms with Crippen LogP contribution in [0, 0.1) is 0 Å². The molecule has 0 aliphatic heterocycles. The minimum atomic E-state index is -0.106. The molecule has 0 spiro atoms. The Hall–Kier alpha value is -1.56. The second kappa shape index (κ2) is 6.74. The van der Waals surface area contributed by atoms with Crippen LogP contribution in [0.25, 0.3) is 0 Å². The van der Waals surface area contributed by atoms with E-state index in [-0.39, 0.29) is 5.91 Å². The van der Waals surface area contributed by atoms with Gasteiger partial charge in [-0.05, 0) is 39.9 Å². The molecule has 0 atom stereocenters. The van der Waals surface area contributed by atoms with Gasteiger partial charge in [-0.1, -0.05) is 12.8 Å². The van der Waals surface area contributed by atoms with Crippen LogP contribution >= 0.6 is 0 Å². The first kappa shape index (κ1) is 14.8. The minimum Gasteiger partial charge on any atom is -0.396 e. The molecule has 20 heavy (non-hydrogen) atoms. The summed E-state index contributed by atoms with van der Waals surface area (Å²) in [5, 5.41) is 7.24. The summed E-state index contributed by atoms with van der Waals surface area (Å²) in [6.07, 6.45) is 7.09. The van der Waals surface area contributed by atoms with E-state index in [0.29, 0.717) is 24.0 Å². The number of hydrogen-bond donors (Lipinski definition) is 2. The van der Waals surface area contributed by atoms with Gasteiger partial charge in [-0.25, -0.2) is 0 Å². The van der Waals surface area contributed by atoms with E-state index in [1.807, 2.05) is 18.8 Å². The van der Waals surface area contributed by atoms with Crippen LogP contribution in [0.1, 0.15) is 48.6 Å². The number of nitrogen functional groups attached to an aromatic ring is 1. The van der Waals surface area contributed by atoms with Crippen LogP contribution in [-0.4, -0.2) is 47.8 Å². The van der Waals surface area contributed by atoms with Crippen LogP contribution in [0.2, 0.25) is 0 Å². The Labute approximate surface area is 120 Å². The number of anilines is 1. The van der Waals surface area contributed by atoms with Crippen molar-refractivity contribution < 1.29 is 4.79 Å². The highest BCUT2D eigenvalue weighted by Crippen LogP contribution is 2.31. The molecule has 1 amide bonds. The SMILES string of the molecule is CN(C)CCCNC(=O)c1c(N)cnn1C1CCCC1. The summed E-state index contributed by atoms with van der Waals surface area (Å²) in [6, 6.07) is 0.329. The minimum absolute atomic E-state index is 0.106. The zero-order chi connectivity index (χ0) is 14.5. The summed E-state index contributed by atoms with van der Waals surface area (Å²) in [5.74, 6) is -0.106. The first-order valence-electron chi connectivity index (χ1n) is 7.35. The van der Waals surface area contributed by atoms with Crippen LogP contribution in [0.15, 0.2) is 6.20 Å². The molecule has 0 unspecified atom stereocenters. The zero-order valence-electron chi connectivity index (χ0n) is 12.4. The Kier molecular flexibility index (Phi) is 5.00. The van der Waals surface area contributed by atoms with Crippen molar-refractivity contribution in [2.75, 3.05) is 32.9 Å². The van der Waals surface area contributed by atoms with Gasteiger partial charge in [-0.3, -0.25) is 9.48 Å². The Balaban J connectivity index is 1.96. The van der Waals surface area contributed by atoms with E-state index in [2.05, 4.69) is 15.3 Å². The molecule has 0 bridgehead atoms. The van der Waals surface area contributed by atoms with Crippen molar-refractivity contribution in [1.82, 2.24) is 20.0 Å². The van der Waals surface area contributed by atoms with Crippen molar-refractivity contribution >= 4 is 11.6 Å². The molecule has 0 saturated heterocycles. The quantitative estimate of drug-likeness (QED) is 0.769. The normalized spacial score (nSPS) is 15.9.